The van der Waals surface area contributed by atoms with Gasteiger partial charge in [0.2, 0.25) is 0 Å². The number of hydrogen-bond acceptors (Lipinski definition) is 1. The van der Waals surface area contributed by atoms with E-state index >= 15 is 0 Å². The lowest BCUT2D eigenvalue weighted by atomic mass is 10.3. The fraction of sp³-hybridized carbons (Fsp3) is 1.00. The second-order valence-corrected chi connectivity index (χ2v) is 2.27. The topological polar surface area (TPSA) is 9.23 Å². The summed E-state index contributed by atoms with van der Waals surface area (Å²) in [7, 11) is 0. The van der Waals surface area contributed by atoms with E-state index in [1.165, 1.54) is 0 Å². The zero-order valence-corrected chi connectivity index (χ0v) is 6.54. The van der Waals surface area contributed by atoms with Crippen LogP contribution in [0.15, 0.2) is 0 Å². The van der Waals surface area contributed by atoms with E-state index in [9.17, 15) is 39.5 Å². The maximum Gasteiger partial charge on any atom is 0.419 e. The molecular weight excluding hydrogens is 247 g/mol. The molecule has 0 saturated carbocycles. The molecule has 0 aromatic carbocycles. The molecule has 0 aromatic rings. The van der Waals surface area contributed by atoms with Gasteiger partial charge in [-0.1, -0.05) is 0 Å². The van der Waals surface area contributed by atoms with Crippen molar-refractivity contribution in [3.63, 3.8) is 0 Å². The zero-order valence-electron chi connectivity index (χ0n) is 6.54. The van der Waals surface area contributed by atoms with Crippen molar-refractivity contribution >= 4 is 0 Å². The number of alkyl halides is 9. The van der Waals surface area contributed by atoms with E-state index in [2.05, 4.69) is 4.74 Å². The minimum absolute atomic E-state index is 2.25. The third-order valence-electron chi connectivity index (χ3n) is 1.11. The molecular formula is C5H3F9O. The van der Waals surface area contributed by atoms with E-state index in [-0.39, 0.29) is 0 Å². The van der Waals surface area contributed by atoms with Gasteiger partial charge in [-0.05, 0) is 0 Å². The van der Waals surface area contributed by atoms with Crippen LogP contribution in [-0.2, 0) is 4.74 Å². The Labute approximate surface area is 76.8 Å². The van der Waals surface area contributed by atoms with Gasteiger partial charge in [-0.3, -0.25) is 4.74 Å². The predicted molar refractivity (Wildman–Crippen MR) is 27.9 cm³/mol. The van der Waals surface area contributed by atoms with E-state index in [0.29, 0.717) is 0 Å². The smallest absolute Gasteiger partial charge is 0.275 e. The quantitative estimate of drug-likeness (QED) is 0.681. The molecule has 0 bridgehead atoms. The molecule has 1 nitrogen and oxygen atoms in total. The SMILES string of the molecule is FC(F)C(F)(F)OC(F)C(F)(F)C(F)F. The van der Waals surface area contributed by atoms with Crippen molar-refractivity contribution in [3.05, 3.63) is 0 Å². The molecule has 92 valence electrons. The minimum atomic E-state index is -5.58. The molecule has 0 N–H and O–H groups in total. The molecule has 0 spiro atoms. The Balaban J connectivity index is 4.56. The lowest BCUT2D eigenvalue weighted by Gasteiger charge is -2.23. The number of hydrogen-bond donors (Lipinski definition) is 0. The fourth-order valence-corrected chi connectivity index (χ4v) is 0.367. The van der Waals surface area contributed by atoms with E-state index < -0.39 is 31.2 Å². The summed E-state index contributed by atoms with van der Waals surface area (Å²) in [6.07, 6.45) is -19.3. The Morgan fingerprint density at radius 2 is 1.13 bits per heavy atom. The van der Waals surface area contributed by atoms with Gasteiger partial charge >= 0.3 is 24.9 Å². The molecule has 0 heterocycles. The van der Waals surface area contributed by atoms with Crippen molar-refractivity contribution in [1.82, 2.24) is 0 Å². The van der Waals surface area contributed by atoms with Crippen molar-refractivity contribution in [3.8, 4) is 0 Å². The largest absolute Gasteiger partial charge is 0.419 e. The Morgan fingerprint density at radius 1 is 0.733 bits per heavy atom. The molecule has 0 amide bonds. The third kappa shape index (κ3) is 3.43. The molecule has 0 saturated heterocycles. The van der Waals surface area contributed by atoms with Gasteiger partial charge < -0.3 is 0 Å². The summed E-state index contributed by atoms with van der Waals surface area (Å²) in [5, 5.41) is 0. The lowest BCUT2D eigenvalue weighted by molar-refractivity contribution is -0.376. The summed E-state index contributed by atoms with van der Waals surface area (Å²) in [5.41, 5.74) is 0. The average Bonchev–Trinajstić information content (AvgIpc) is 2.02. The summed E-state index contributed by atoms with van der Waals surface area (Å²) in [5.74, 6) is -5.58. The highest BCUT2D eigenvalue weighted by Crippen LogP contribution is 2.35. The van der Waals surface area contributed by atoms with Crippen molar-refractivity contribution in [2.75, 3.05) is 0 Å². The average molecular weight is 250 g/mol. The summed E-state index contributed by atoms with van der Waals surface area (Å²) in [6, 6.07) is 0. The molecule has 0 aliphatic rings. The van der Waals surface area contributed by atoms with Gasteiger partial charge in [0.25, 0.3) is 6.36 Å². The molecule has 0 aliphatic heterocycles. The Morgan fingerprint density at radius 3 is 1.40 bits per heavy atom. The van der Waals surface area contributed by atoms with Crippen LogP contribution in [0.3, 0.4) is 0 Å². The number of ether oxygens (including phenoxy) is 1. The van der Waals surface area contributed by atoms with Gasteiger partial charge in [0.05, 0.1) is 0 Å². The van der Waals surface area contributed by atoms with Crippen molar-refractivity contribution in [2.45, 2.75) is 31.2 Å². The molecule has 15 heavy (non-hydrogen) atoms. The van der Waals surface area contributed by atoms with Gasteiger partial charge in [-0.15, -0.1) is 0 Å². The fourth-order valence-electron chi connectivity index (χ4n) is 0.367. The predicted octanol–water partition coefficient (Wildman–Crippen LogP) is 3.06. The maximum absolute atomic E-state index is 12.0. The first kappa shape index (κ1) is 14.3. The minimum Gasteiger partial charge on any atom is -0.275 e. The van der Waals surface area contributed by atoms with Crippen LogP contribution in [0.5, 0.6) is 0 Å². The summed E-state index contributed by atoms with van der Waals surface area (Å²) in [4.78, 5) is 0. The first-order valence-electron chi connectivity index (χ1n) is 3.15. The van der Waals surface area contributed by atoms with E-state index in [1.54, 1.807) is 0 Å². The van der Waals surface area contributed by atoms with Crippen molar-refractivity contribution in [1.29, 1.82) is 0 Å². The molecule has 10 heteroatoms. The molecule has 0 rings (SSSR count). The van der Waals surface area contributed by atoms with Gasteiger partial charge in [0.15, 0.2) is 0 Å². The maximum atomic E-state index is 12.0. The molecule has 0 radical (unpaired) electrons. The molecule has 0 aromatic heterocycles. The Hall–Kier alpha value is -0.670. The van der Waals surface area contributed by atoms with E-state index in [4.69, 9.17) is 0 Å². The summed E-state index contributed by atoms with van der Waals surface area (Å²) in [6.45, 7) is 0. The second kappa shape index (κ2) is 4.45. The summed E-state index contributed by atoms with van der Waals surface area (Å²) < 4.78 is 107. The van der Waals surface area contributed by atoms with E-state index in [0.717, 1.165) is 0 Å². The van der Waals surface area contributed by atoms with Gasteiger partial charge in [0, 0.05) is 0 Å². The highest BCUT2D eigenvalue weighted by molar-refractivity contribution is 4.74. The van der Waals surface area contributed by atoms with Crippen LogP contribution in [0.2, 0.25) is 0 Å². The first-order valence-corrected chi connectivity index (χ1v) is 3.15. The Kier molecular flexibility index (Phi) is 4.26. The first-order chi connectivity index (χ1) is 6.51. The van der Waals surface area contributed by atoms with E-state index in [1.807, 2.05) is 0 Å². The van der Waals surface area contributed by atoms with Crippen LogP contribution in [-0.4, -0.2) is 31.2 Å². The monoisotopic (exact) mass is 250 g/mol. The van der Waals surface area contributed by atoms with Crippen LogP contribution in [0.4, 0.5) is 39.5 Å². The molecule has 0 fully saturated rings. The van der Waals surface area contributed by atoms with Crippen LogP contribution in [0, 0.1) is 0 Å². The summed E-state index contributed by atoms with van der Waals surface area (Å²) >= 11 is 0. The van der Waals surface area contributed by atoms with Gasteiger partial charge in [0.1, 0.15) is 0 Å². The number of halogens is 9. The van der Waals surface area contributed by atoms with Gasteiger partial charge in [-0.25, -0.2) is 22.0 Å². The standard InChI is InChI=1S/C5H3F9O/c6-1(7)4(11,12)3(10)15-5(13,14)2(8)9/h1-3H. The second-order valence-electron chi connectivity index (χ2n) is 2.27. The third-order valence-corrected chi connectivity index (χ3v) is 1.11. The van der Waals surface area contributed by atoms with Crippen LogP contribution in [0.25, 0.3) is 0 Å². The van der Waals surface area contributed by atoms with Crippen LogP contribution in [0.1, 0.15) is 0 Å². The molecule has 1 atom stereocenters. The highest BCUT2D eigenvalue weighted by atomic mass is 19.3. The lowest BCUT2D eigenvalue weighted by Crippen LogP contribution is -2.45. The van der Waals surface area contributed by atoms with Crippen molar-refractivity contribution < 1.29 is 44.3 Å². The van der Waals surface area contributed by atoms with Crippen LogP contribution < -0.4 is 0 Å². The number of rotatable bonds is 5. The van der Waals surface area contributed by atoms with Gasteiger partial charge in [-0.2, -0.15) is 17.6 Å². The van der Waals surface area contributed by atoms with Crippen molar-refractivity contribution in [2.24, 2.45) is 0 Å². The normalized spacial score (nSPS) is 16.2. The Bertz CT molecular complexity index is 203. The highest BCUT2D eigenvalue weighted by Gasteiger charge is 2.56. The van der Waals surface area contributed by atoms with Crippen LogP contribution >= 0.6 is 0 Å². The zero-order chi connectivity index (χ0) is 12.4. The molecule has 1 unspecified atom stereocenters. The molecule has 0 aliphatic carbocycles.